The van der Waals surface area contributed by atoms with E-state index in [1.165, 1.54) is 6.26 Å². The maximum atomic E-state index is 13.1. The summed E-state index contributed by atoms with van der Waals surface area (Å²) in [4.78, 5) is 25.4. The van der Waals surface area contributed by atoms with Crippen molar-refractivity contribution in [2.24, 2.45) is 17.3 Å². The van der Waals surface area contributed by atoms with Gasteiger partial charge in [-0.1, -0.05) is 27.7 Å². The molecule has 3 rings (SSSR count). The first kappa shape index (κ1) is 18.1. The van der Waals surface area contributed by atoms with Crippen LogP contribution < -0.4 is 0 Å². The van der Waals surface area contributed by atoms with E-state index in [9.17, 15) is 19.8 Å². The number of hydrogen-bond acceptors (Lipinski definition) is 6. The van der Waals surface area contributed by atoms with Crippen LogP contribution in [0.25, 0.3) is 0 Å². The van der Waals surface area contributed by atoms with E-state index in [0.717, 1.165) is 0 Å². The van der Waals surface area contributed by atoms with Gasteiger partial charge in [0.1, 0.15) is 6.10 Å². The fourth-order valence-electron chi connectivity index (χ4n) is 4.37. The molecule has 0 aromatic carbocycles. The van der Waals surface area contributed by atoms with Crippen molar-refractivity contribution in [2.45, 2.75) is 65.3 Å². The van der Waals surface area contributed by atoms with E-state index in [1.807, 2.05) is 6.92 Å². The summed E-state index contributed by atoms with van der Waals surface area (Å²) < 4.78 is 11.2. The van der Waals surface area contributed by atoms with Crippen molar-refractivity contribution in [1.82, 2.24) is 0 Å². The molecule has 1 aromatic rings. The highest BCUT2D eigenvalue weighted by atomic mass is 16.5. The Kier molecular flexibility index (Phi) is 4.12. The Morgan fingerprint density at radius 1 is 1.40 bits per heavy atom. The molecule has 0 saturated heterocycles. The molecule has 6 nitrogen and oxygen atoms in total. The third-order valence-corrected chi connectivity index (χ3v) is 6.29. The summed E-state index contributed by atoms with van der Waals surface area (Å²) in [6.07, 6.45) is 0.261. The topological polar surface area (TPSA) is 97.0 Å². The normalized spacial score (nSPS) is 37.6. The number of aliphatic hydroxyl groups excluding tert-OH is 1. The summed E-state index contributed by atoms with van der Waals surface area (Å²) in [5, 5.41) is 21.9. The lowest BCUT2D eigenvalue weighted by Crippen LogP contribution is -2.69. The summed E-state index contributed by atoms with van der Waals surface area (Å²) in [7, 11) is 0. The van der Waals surface area contributed by atoms with Gasteiger partial charge in [-0.25, -0.2) is 0 Å². The molecule has 1 aromatic heterocycles. The fourth-order valence-corrected chi connectivity index (χ4v) is 4.37. The maximum Gasteiger partial charge on any atom is 0.309 e. The van der Waals surface area contributed by atoms with Crippen LogP contribution in [0, 0.1) is 24.2 Å². The van der Waals surface area contributed by atoms with Gasteiger partial charge in [0.2, 0.25) is 5.78 Å². The number of ether oxygens (including phenoxy) is 1. The average molecular weight is 350 g/mol. The SMILES string of the molecule is Cc1coc2c1[C@H](OC(=O)C(C)C)[C@@]1(C)[C@H](C)CC[C@H](O)[C@]1(O)C2=O. The number of furan rings is 1. The predicted octanol–water partition coefficient (Wildman–Crippen LogP) is 2.55. The number of esters is 1. The van der Waals surface area contributed by atoms with Gasteiger partial charge in [0.05, 0.1) is 23.7 Å². The number of fused-ring (bicyclic) bond motifs is 2. The summed E-state index contributed by atoms with van der Waals surface area (Å²) in [5.74, 6) is -1.56. The van der Waals surface area contributed by atoms with Crippen LogP contribution in [-0.2, 0) is 9.53 Å². The fraction of sp³-hybridized carbons (Fsp3) is 0.684. The van der Waals surface area contributed by atoms with Gasteiger partial charge >= 0.3 is 5.97 Å². The monoisotopic (exact) mass is 350 g/mol. The minimum absolute atomic E-state index is 0.0211. The van der Waals surface area contributed by atoms with Gasteiger partial charge in [-0.3, -0.25) is 9.59 Å². The second-order valence-corrected chi connectivity index (χ2v) is 8.01. The number of ketones is 1. The van der Waals surface area contributed by atoms with Gasteiger partial charge in [-0.2, -0.15) is 0 Å². The molecule has 1 heterocycles. The van der Waals surface area contributed by atoms with Crippen LogP contribution in [0.3, 0.4) is 0 Å². The van der Waals surface area contributed by atoms with Crippen molar-refractivity contribution < 1.29 is 29.0 Å². The van der Waals surface area contributed by atoms with Crippen LogP contribution in [-0.4, -0.2) is 33.7 Å². The molecule has 0 spiro atoms. The first-order chi connectivity index (χ1) is 11.6. The summed E-state index contributed by atoms with van der Waals surface area (Å²) >= 11 is 0. The van der Waals surface area contributed by atoms with Crippen molar-refractivity contribution >= 4 is 11.8 Å². The molecule has 0 aliphatic heterocycles. The molecular formula is C19H26O6. The van der Waals surface area contributed by atoms with E-state index in [2.05, 4.69) is 0 Å². The molecule has 2 aliphatic carbocycles. The van der Waals surface area contributed by atoms with E-state index in [-0.39, 0.29) is 17.6 Å². The third kappa shape index (κ3) is 2.16. The Labute approximate surface area is 147 Å². The van der Waals surface area contributed by atoms with Crippen LogP contribution in [0.1, 0.15) is 68.3 Å². The minimum Gasteiger partial charge on any atom is -0.460 e. The maximum absolute atomic E-state index is 13.1. The molecule has 5 atom stereocenters. The molecule has 0 amide bonds. The molecule has 25 heavy (non-hydrogen) atoms. The largest absolute Gasteiger partial charge is 0.460 e. The van der Waals surface area contributed by atoms with E-state index in [4.69, 9.17) is 9.15 Å². The number of carbonyl (C=O) groups is 2. The average Bonchev–Trinajstić information content (AvgIpc) is 2.93. The molecule has 0 radical (unpaired) electrons. The second kappa shape index (κ2) is 5.68. The molecule has 0 unspecified atom stereocenters. The Morgan fingerprint density at radius 2 is 2.04 bits per heavy atom. The van der Waals surface area contributed by atoms with Crippen molar-refractivity contribution in [2.75, 3.05) is 0 Å². The molecule has 138 valence electrons. The lowest BCUT2D eigenvalue weighted by Gasteiger charge is -2.57. The van der Waals surface area contributed by atoms with Gasteiger partial charge in [-0.15, -0.1) is 0 Å². The van der Waals surface area contributed by atoms with Gasteiger partial charge < -0.3 is 19.4 Å². The van der Waals surface area contributed by atoms with E-state index >= 15 is 0 Å². The number of aryl methyl sites for hydroxylation is 1. The van der Waals surface area contributed by atoms with E-state index in [1.54, 1.807) is 27.7 Å². The third-order valence-electron chi connectivity index (χ3n) is 6.29. The number of aliphatic hydroxyl groups is 2. The Bertz CT molecular complexity index is 719. The smallest absolute Gasteiger partial charge is 0.309 e. The van der Waals surface area contributed by atoms with Crippen LogP contribution in [0.15, 0.2) is 10.7 Å². The van der Waals surface area contributed by atoms with Crippen molar-refractivity contribution in [3.8, 4) is 0 Å². The van der Waals surface area contributed by atoms with Gasteiger partial charge in [-0.05, 0) is 31.2 Å². The molecule has 1 fully saturated rings. The van der Waals surface area contributed by atoms with Crippen molar-refractivity contribution in [3.05, 3.63) is 23.2 Å². The molecule has 1 saturated carbocycles. The van der Waals surface area contributed by atoms with E-state index < -0.39 is 35.0 Å². The zero-order valence-corrected chi connectivity index (χ0v) is 15.3. The van der Waals surface area contributed by atoms with Gasteiger partial charge in [0, 0.05) is 5.56 Å². The standard InChI is InChI=1S/C19H26O6/c1-9(2)17(22)25-16-13-10(3)8-24-14(13)15(21)19(23)12(20)7-6-11(4)18(16,19)5/h8-9,11-12,16,20,23H,6-7H2,1-5H3/t11-,12+,16+,18-,19+/m1/s1. The zero-order valence-electron chi connectivity index (χ0n) is 15.3. The lowest BCUT2D eigenvalue weighted by atomic mass is 9.50. The van der Waals surface area contributed by atoms with E-state index in [0.29, 0.717) is 24.0 Å². The van der Waals surface area contributed by atoms with Crippen LogP contribution in [0.4, 0.5) is 0 Å². The summed E-state index contributed by atoms with van der Waals surface area (Å²) in [5.41, 5.74) is -2.00. The van der Waals surface area contributed by atoms with Crippen LogP contribution in [0.5, 0.6) is 0 Å². The van der Waals surface area contributed by atoms with Gasteiger partial charge in [0.25, 0.3) is 0 Å². The Morgan fingerprint density at radius 3 is 2.64 bits per heavy atom. The molecule has 6 heteroatoms. The Balaban J connectivity index is 2.25. The van der Waals surface area contributed by atoms with Crippen molar-refractivity contribution in [3.63, 3.8) is 0 Å². The first-order valence-corrected chi connectivity index (χ1v) is 8.80. The Hall–Kier alpha value is -1.66. The first-order valence-electron chi connectivity index (χ1n) is 8.80. The summed E-state index contributed by atoms with van der Waals surface area (Å²) in [6, 6.07) is 0. The highest BCUT2D eigenvalue weighted by Gasteiger charge is 2.70. The van der Waals surface area contributed by atoms with Crippen molar-refractivity contribution in [1.29, 1.82) is 0 Å². The number of rotatable bonds is 2. The molecule has 2 N–H and O–H groups in total. The highest BCUT2D eigenvalue weighted by Crippen LogP contribution is 2.61. The number of hydrogen-bond donors (Lipinski definition) is 2. The zero-order chi connectivity index (χ0) is 18.7. The molecule has 2 aliphatic rings. The highest BCUT2D eigenvalue weighted by molar-refractivity contribution is 6.04. The number of Topliss-reactive ketones (excluding diaryl/α,β-unsaturated/α-hetero) is 1. The molecular weight excluding hydrogens is 324 g/mol. The number of carbonyl (C=O) groups excluding carboxylic acids is 2. The summed E-state index contributed by atoms with van der Waals surface area (Å²) in [6.45, 7) is 8.89. The predicted molar refractivity (Wildman–Crippen MR) is 88.9 cm³/mol. The van der Waals surface area contributed by atoms with Crippen LogP contribution in [0.2, 0.25) is 0 Å². The van der Waals surface area contributed by atoms with Gasteiger partial charge in [0.15, 0.2) is 11.4 Å². The minimum atomic E-state index is -2.05. The van der Waals surface area contributed by atoms with Crippen LogP contribution >= 0.6 is 0 Å². The molecule has 0 bridgehead atoms. The second-order valence-electron chi connectivity index (χ2n) is 8.01. The quantitative estimate of drug-likeness (QED) is 0.796. The lowest BCUT2D eigenvalue weighted by molar-refractivity contribution is -0.223.